The third kappa shape index (κ3) is 7.38. The van der Waals surface area contributed by atoms with Gasteiger partial charge in [-0.25, -0.2) is 0 Å². The predicted octanol–water partition coefficient (Wildman–Crippen LogP) is 5.36. The fourth-order valence-corrected chi connectivity index (χ4v) is 5.45. The molecule has 0 spiro atoms. The second kappa shape index (κ2) is 12.8. The van der Waals surface area contributed by atoms with Gasteiger partial charge in [0.1, 0.15) is 0 Å². The lowest BCUT2D eigenvalue weighted by Gasteiger charge is -2.31. The maximum Gasteiger partial charge on any atom is 0.0668 e. The Bertz CT molecular complexity index is 898. The van der Waals surface area contributed by atoms with Gasteiger partial charge in [0.15, 0.2) is 0 Å². The normalized spacial score (nSPS) is 22.4. The third-order valence-electron chi connectivity index (χ3n) is 7.18. The number of nitrogens with one attached hydrogen (secondary N) is 2. The summed E-state index contributed by atoms with van der Waals surface area (Å²) in [5.41, 5.74) is 4.19. The van der Waals surface area contributed by atoms with Gasteiger partial charge in [-0.2, -0.15) is 0 Å². The molecule has 186 valence electrons. The first kappa shape index (κ1) is 25.4. The minimum atomic E-state index is 0.405. The summed E-state index contributed by atoms with van der Waals surface area (Å²) in [6.07, 6.45) is 13.7. The Morgan fingerprint density at radius 3 is 2.62 bits per heavy atom. The Morgan fingerprint density at radius 1 is 1.06 bits per heavy atom. The monoisotopic (exact) mass is 486 g/mol. The molecule has 1 saturated carbocycles. The molecule has 0 aromatic carbocycles. The first-order valence-electron chi connectivity index (χ1n) is 12.8. The van der Waals surface area contributed by atoms with Gasteiger partial charge in [-0.15, -0.1) is 0 Å². The quantitative estimate of drug-likeness (QED) is 0.471. The van der Waals surface area contributed by atoms with Crippen molar-refractivity contribution in [2.24, 2.45) is 11.8 Å². The van der Waals surface area contributed by atoms with Crippen LogP contribution in [0, 0.1) is 11.8 Å². The predicted molar refractivity (Wildman–Crippen MR) is 138 cm³/mol. The van der Waals surface area contributed by atoms with E-state index in [2.05, 4.69) is 39.7 Å². The van der Waals surface area contributed by atoms with Gasteiger partial charge >= 0.3 is 0 Å². The first-order valence-corrected chi connectivity index (χ1v) is 13.1. The van der Waals surface area contributed by atoms with Gasteiger partial charge in [-0.05, 0) is 75.8 Å². The molecule has 4 rings (SSSR count). The third-order valence-corrected chi connectivity index (χ3v) is 7.48. The molecule has 1 saturated heterocycles. The number of ether oxygens (including phenoxy) is 2. The lowest BCUT2D eigenvalue weighted by atomic mass is 9.83. The molecule has 7 heteroatoms. The number of nitrogens with zero attached hydrogens (tertiary/aromatic N) is 2. The zero-order chi connectivity index (χ0) is 23.8. The molecule has 0 bridgehead atoms. The smallest absolute Gasteiger partial charge is 0.0668 e. The number of anilines is 1. The molecule has 2 fully saturated rings. The number of hydrogen-bond donors (Lipinski definition) is 2. The summed E-state index contributed by atoms with van der Waals surface area (Å²) < 4.78 is 10.7. The molecule has 1 atom stereocenters. The van der Waals surface area contributed by atoms with E-state index in [0.29, 0.717) is 28.9 Å². The Balaban J connectivity index is 1.34. The number of hydrogen-bond acceptors (Lipinski definition) is 6. The summed E-state index contributed by atoms with van der Waals surface area (Å²) in [5.74, 6) is 1.32. The van der Waals surface area contributed by atoms with E-state index in [4.69, 9.17) is 21.1 Å². The van der Waals surface area contributed by atoms with Crippen LogP contribution in [0.25, 0.3) is 11.1 Å². The summed E-state index contributed by atoms with van der Waals surface area (Å²) in [6.45, 7) is 5.64. The summed E-state index contributed by atoms with van der Waals surface area (Å²) >= 11 is 6.57. The molecule has 3 heterocycles. The lowest BCUT2D eigenvalue weighted by molar-refractivity contribution is 0.0699. The van der Waals surface area contributed by atoms with Crippen molar-refractivity contribution in [3.63, 3.8) is 0 Å². The van der Waals surface area contributed by atoms with Crippen molar-refractivity contribution in [3.05, 3.63) is 41.4 Å². The second-order valence-electron chi connectivity index (χ2n) is 10.00. The lowest BCUT2D eigenvalue weighted by Crippen LogP contribution is -2.41. The number of rotatable bonds is 10. The summed E-state index contributed by atoms with van der Waals surface area (Å²) in [6, 6.07) is 5.31. The highest BCUT2D eigenvalue weighted by molar-refractivity contribution is 6.33. The average Bonchev–Trinajstić information content (AvgIpc) is 2.86. The Kier molecular flexibility index (Phi) is 9.57. The number of aromatic nitrogens is 2. The van der Waals surface area contributed by atoms with Gasteiger partial charge in [-0.3, -0.25) is 9.97 Å². The van der Waals surface area contributed by atoms with E-state index in [-0.39, 0.29) is 0 Å². The van der Waals surface area contributed by atoms with E-state index in [0.717, 1.165) is 68.1 Å². The van der Waals surface area contributed by atoms with Gasteiger partial charge in [0, 0.05) is 74.4 Å². The first-order chi connectivity index (χ1) is 16.6. The standard InChI is InChI=1S/C27H39ClN4O2/c1-19(18-33-2)32-23-5-3-20(4-6-23)11-24-13-26(27(28)17-31-24)22-12-25(16-29-15-22)30-14-21-7-9-34-10-8-21/h12-13,15-17,19-21,23,30,32H,3-11,14,18H2,1-2H3/t19-,20?,23?/m1/s1. The molecule has 2 aromatic heterocycles. The second-order valence-corrected chi connectivity index (χ2v) is 10.4. The molecule has 1 aliphatic heterocycles. The topological polar surface area (TPSA) is 68.3 Å². The van der Waals surface area contributed by atoms with Crippen LogP contribution in [-0.4, -0.2) is 55.5 Å². The summed E-state index contributed by atoms with van der Waals surface area (Å²) in [4.78, 5) is 9.13. The van der Waals surface area contributed by atoms with Gasteiger partial charge in [0.2, 0.25) is 0 Å². The SMILES string of the molecule is COC[C@@H](C)NC1CCC(Cc2cc(-c3cncc(NCC4CCOCC4)c3)c(Cl)cn2)CC1. The average molecular weight is 487 g/mol. The zero-order valence-electron chi connectivity index (χ0n) is 20.6. The molecule has 2 N–H and O–H groups in total. The van der Waals surface area contributed by atoms with Crippen molar-refractivity contribution < 1.29 is 9.47 Å². The minimum absolute atomic E-state index is 0.405. The molecule has 6 nitrogen and oxygen atoms in total. The van der Waals surface area contributed by atoms with Crippen LogP contribution in [0.2, 0.25) is 5.02 Å². The number of halogens is 1. The molecule has 34 heavy (non-hydrogen) atoms. The van der Waals surface area contributed by atoms with Crippen LogP contribution in [0.4, 0.5) is 5.69 Å². The summed E-state index contributed by atoms with van der Waals surface area (Å²) in [5, 5.41) is 7.93. The van der Waals surface area contributed by atoms with Gasteiger partial charge in [0.05, 0.1) is 17.3 Å². The van der Waals surface area contributed by atoms with Crippen LogP contribution in [-0.2, 0) is 15.9 Å². The van der Waals surface area contributed by atoms with Crippen LogP contribution in [0.3, 0.4) is 0 Å². The van der Waals surface area contributed by atoms with Gasteiger partial charge < -0.3 is 20.1 Å². The van der Waals surface area contributed by atoms with E-state index < -0.39 is 0 Å². The molecular weight excluding hydrogens is 448 g/mol. The molecular formula is C27H39ClN4O2. The number of pyridine rings is 2. The molecule has 2 aliphatic rings. The minimum Gasteiger partial charge on any atom is -0.384 e. The largest absolute Gasteiger partial charge is 0.384 e. The van der Waals surface area contributed by atoms with Crippen LogP contribution in [0.15, 0.2) is 30.7 Å². The van der Waals surface area contributed by atoms with Crippen LogP contribution < -0.4 is 10.6 Å². The fourth-order valence-electron chi connectivity index (χ4n) is 5.24. The van der Waals surface area contributed by atoms with Gasteiger partial charge in [-0.1, -0.05) is 11.6 Å². The highest BCUT2D eigenvalue weighted by Gasteiger charge is 2.23. The Hall–Kier alpha value is -1.73. The summed E-state index contributed by atoms with van der Waals surface area (Å²) in [7, 11) is 1.76. The van der Waals surface area contributed by atoms with Crippen LogP contribution in [0.1, 0.15) is 51.1 Å². The molecule has 0 unspecified atom stereocenters. The highest BCUT2D eigenvalue weighted by atomic mass is 35.5. The van der Waals surface area contributed by atoms with Gasteiger partial charge in [0.25, 0.3) is 0 Å². The van der Waals surface area contributed by atoms with E-state index in [9.17, 15) is 0 Å². The van der Waals surface area contributed by atoms with E-state index in [1.165, 1.54) is 25.7 Å². The van der Waals surface area contributed by atoms with Crippen LogP contribution >= 0.6 is 11.6 Å². The maximum absolute atomic E-state index is 6.57. The molecule has 2 aromatic rings. The highest BCUT2D eigenvalue weighted by Crippen LogP contribution is 2.32. The van der Waals surface area contributed by atoms with Crippen molar-refractivity contribution in [1.82, 2.24) is 15.3 Å². The Labute approximate surface area is 209 Å². The van der Waals surface area contributed by atoms with Crippen molar-refractivity contribution in [2.75, 3.05) is 38.8 Å². The van der Waals surface area contributed by atoms with Crippen molar-refractivity contribution >= 4 is 17.3 Å². The molecule has 0 radical (unpaired) electrons. The number of methoxy groups -OCH3 is 1. The van der Waals surface area contributed by atoms with Crippen molar-refractivity contribution in [1.29, 1.82) is 0 Å². The molecule has 1 aliphatic carbocycles. The van der Waals surface area contributed by atoms with E-state index >= 15 is 0 Å². The van der Waals surface area contributed by atoms with Crippen LogP contribution in [0.5, 0.6) is 0 Å². The Morgan fingerprint density at radius 2 is 1.85 bits per heavy atom. The zero-order valence-corrected chi connectivity index (χ0v) is 21.3. The van der Waals surface area contributed by atoms with E-state index in [1.54, 1.807) is 13.3 Å². The van der Waals surface area contributed by atoms with Crippen molar-refractivity contribution in [2.45, 2.75) is 64.0 Å². The fraction of sp³-hybridized carbons (Fsp3) is 0.630. The molecule has 0 amide bonds. The van der Waals surface area contributed by atoms with Crippen molar-refractivity contribution in [3.8, 4) is 11.1 Å². The van der Waals surface area contributed by atoms with E-state index in [1.807, 2.05) is 12.4 Å². The maximum atomic E-state index is 6.57.